The Morgan fingerprint density at radius 1 is 1.41 bits per heavy atom. The molecule has 7 heteroatoms. The lowest BCUT2D eigenvalue weighted by Gasteiger charge is -2.34. The molecule has 1 unspecified atom stereocenters. The first-order valence-electron chi connectivity index (χ1n) is 9.57. The van der Waals surface area contributed by atoms with Crippen molar-refractivity contribution in [3.63, 3.8) is 0 Å². The summed E-state index contributed by atoms with van der Waals surface area (Å²) in [4.78, 5) is 6.48. The van der Waals surface area contributed by atoms with Crippen molar-refractivity contribution in [2.75, 3.05) is 33.4 Å². The van der Waals surface area contributed by atoms with E-state index in [-0.39, 0.29) is 18.0 Å². The fourth-order valence-electron chi connectivity index (χ4n) is 3.54. The van der Waals surface area contributed by atoms with E-state index in [2.05, 4.69) is 15.2 Å². The highest BCUT2D eigenvalue weighted by Gasteiger charge is 2.24. The number of nitrogens with zero attached hydrogens (tertiary/aromatic N) is 3. The van der Waals surface area contributed by atoms with Crippen LogP contribution < -0.4 is 5.32 Å². The molecule has 146 valence electrons. The predicted octanol–water partition coefficient (Wildman–Crippen LogP) is 2.43. The molecule has 2 heterocycles. The number of hydrogen-bond donors (Lipinski definition) is 1. The molecule has 2 saturated heterocycles. The first-order valence-corrected chi connectivity index (χ1v) is 9.57. The largest absolute Gasteiger partial charge is 0.376 e. The molecule has 2 fully saturated rings. The molecule has 0 aliphatic carbocycles. The van der Waals surface area contributed by atoms with Gasteiger partial charge in [0.15, 0.2) is 5.96 Å². The number of nitriles is 1. The van der Waals surface area contributed by atoms with Crippen LogP contribution >= 0.6 is 0 Å². The number of piperidine rings is 1. The summed E-state index contributed by atoms with van der Waals surface area (Å²) in [6.07, 6.45) is 4.62. The van der Waals surface area contributed by atoms with Gasteiger partial charge >= 0.3 is 0 Å². The number of ether oxygens (including phenoxy) is 2. The highest BCUT2D eigenvalue weighted by Crippen LogP contribution is 2.18. The molecule has 0 aromatic heterocycles. The molecule has 1 aromatic rings. The summed E-state index contributed by atoms with van der Waals surface area (Å²) in [6.45, 7) is 3.52. The van der Waals surface area contributed by atoms with Gasteiger partial charge in [0.2, 0.25) is 0 Å². The zero-order valence-corrected chi connectivity index (χ0v) is 15.8. The lowest BCUT2D eigenvalue weighted by molar-refractivity contribution is -0.0367. The van der Waals surface area contributed by atoms with E-state index < -0.39 is 0 Å². The lowest BCUT2D eigenvalue weighted by Crippen LogP contribution is -2.47. The van der Waals surface area contributed by atoms with Gasteiger partial charge in [-0.15, -0.1) is 0 Å². The lowest BCUT2D eigenvalue weighted by atomic mass is 10.1. The number of rotatable bonds is 5. The summed E-state index contributed by atoms with van der Waals surface area (Å²) in [5.74, 6) is 0.424. The van der Waals surface area contributed by atoms with Crippen LogP contribution in [0.3, 0.4) is 0 Å². The van der Waals surface area contributed by atoms with Crippen LogP contribution in [0.25, 0.3) is 0 Å². The molecule has 0 amide bonds. The molecule has 3 rings (SSSR count). The van der Waals surface area contributed by atoms with Crippen molar-refractivity contribution in [1.29, 1.82) is 5.26 Å². The van der Waals surface area contributed by atoms with Crippen molar-refractivity contribution in [2.24, 2.45) is 4.99 Å². The minimum Gasteiger partial charge on any atom is -0.376 e. The summed E-state index contributed by atoms with van der Waals surface area (Å²) in [5.41, 5.74) is 0.914. The van der Waals surface area contributed by atoms with Gasteiger partial charge in [0, 0.05) is 38.9 Å². The molecule has 2 aliphatic rings. The van der Waals surface area contributed by atoms with E-state index >= 15 is 0 Å². The van der Waals surface area contributed by atoms with Crippen LogP contribution in [-0.2, 0) is 16.0 Å². The Bertz CT molecular complexity index is 690. The first kappa shape index (κ1) is 19.6. The van der Waals surface area contributed by atoms with E-state index in [0.717, 1.165) is 51.3 Å². The van der Waals surface area contributed by atoms with Gasteiger partial charge in [0.25, 0.3) is 0 Å². The van der Waals surface area contributed by atoms with Gasteiger partial charge < -0.3 is 19.7 Å². The Balaban J connectivity index is 1.45. The van der Waals surface area contributed by atoms with E-state index in [1.165, 1.54) is 12.1 Å². The second kappa shape index (κ2) is 9.67. The Kier molecular flexibility index (Phi) is 7.02. The van der Waals surface area contributed by atoms with Crippen LogP contribution in [0.1, 0.15) is 36.8 Å². The third kappa shape index (κ3) is 5.41. The molecule has 0 saturated carbocycles. The summed E-state index contributed by atoms with van der Waals surface area (Å²) in [7, 11) is 1.73. The zero-order chi connectivity index (χ0) is 19.1. The highest BCUT2D eigenvalue weighted by atomic mass is 19.1. The monoisotopic (exact) mass is 374 g/mol. The molecule has 6 nitrogen and oxygen atoms in total. The number of halogens is 1. The van der Waals surface area contributed by atoms with Gasteiger partial charge in [-0.3, -0.25) is 4.99 Å². The van der Waals surface area contributed by atoms with Crippen LogP contribution in [0.2, 0.25) is 0 Å². The second-order valence-corrected chi connectivity index (χ2v) is 6.97. The molecular formula is C20H27FN4O2. The van der Waals surface area contributed by atoms with E-state index in [1.54, 1.807) is 13.1 Å². The quantitative estimate of drug-likeness (QED) is 0.633. The van der Waals surface area contributed by atoms with Gasteiger partial charge in [-0.1, -0.05) is 0 Å². The summed E-state index contributed by atoms with van der Waals surface area (Å²) in [5, 5.41) is 12.2. The topological polar surface area (TPSA) is 69.9 Å². The summed E-state index contributed by atoms with van der Waals surface area (Å²) >= 11 is 0. The van der Waals surface area contributed by atoms with Crippen molar-refractivity contribution in [1.82, 2.24) is 10.2 Å². The maximum atomic E-state index is 13.9. The van der Waals surface area contributed by atoms with Crippen molar-refractivity contribution in [3.05, 3.63) is 35.1 Å². The van der Waals surface area contributed by atoms with Gasteiger partial charge in [-0.05, 0) is 43.9 Å². The predicted molar refractivity (Wildman–Crippen MR) is 101 cm³/mol. The Hall–Kier alpha value is -2.17. The third-order valence-electron chi connectivity index (χ3n) is 5.11. The van der Waals surface area contributed by atoms with Crippen LogP contribution in [0.5, 0.6) is 0 Å². The van der Waals surface area contributed by atoms with Crippen molar-refractivity contribution < 1.29 is 13.9 Å². The molecular weight excluding hydrogens is 347 g/mol. The van der Waals surface area contributed by atoms with Gasteiger partial charge in [0.05, 0.1) is 30.4 Å². The first-order chi connectivity index (χ1) is 13.2. The Morgan fingerprint density at radius 3 is 2.89 bits per heavy atom. The number of nitrogens with one attached hydrogen (secondary N) is 1. The van der Waals surface area contributed by atoms with E-state index in [4.69, 9.17) is 14.7 Å². The van der Waals surface area contributed by atoms with Crippen LogP contribution in [0.4, 0.5) is 4.39 Å². The minimum atomic E-state index is -0.321. The highest BCUT2D eigenvalue weighted by molar-refractivity contribution is 5.80. The zero-order valence-electron chi connectivity index (χ0n) is 15.8. The standard InChI is InChI=1S/C20H27FN4O2/c1-23-20(24-13-16-11-15(12-22)4-5-19(16)21)25-8-6-17(7-9-25)27-14-18-3-2-10-26-18/h4-5,11,17-18H,2-3,6-10,13-14H2,1H3,(H,23,24). The van der Waals surface area contributed by atoms with Crippen molar-refractivity contribution >= 4 is 5.96 Å². The van der Waals surface area contributed by atoms with Crippen LogP contribution in [0.15, 0.2) is 23.2 Å². The minimum absolute atomic E-state index is 0.258. The molecule has 1 aromatic carbocycles. The number of benzene rings is 1. The average Bonchev–Trinajstić information content (AvgIpc) is 3.22. The number of guanidine groups is 1. The molecule has 27 heavy (non-hydrogen) atoms. The van der Waals surface area contributed by atoms with E-state index in [9.17, 15) is 4.39 Å². The number of aliphatic imine (C=N–C) groups is 1. The molecule has 0 radical (unpaired) electrons. The van der Waals surface area contributed by atoms with Crippen LogP contribution in [0, 0.1) is 17.1 Å². The fourth-order valence-corrected chi connectivity index (χ4v) is 3.54. The maximum Gasteiger partial charge on any atom is 0.193 e. The fraction of sp³-hybridized carbons (Fsp3) is 0.600. The maximum absolute atomic E-state index is 13.9. The molecule has 1 N–H and O–H groups in total. The summed E-state index contributed by atoms with van der Waals surface area (Å²) in [6, 6.07) is 6.42. The van der Waals surface area contributed by atoms with Crippen molar-refractivity contribution in [2.45, 2.75) is 44.4 Å². The Morgan fingerprint density at radius 2 is 2.22 bits per heavy atom. The van der Waals surface area contributed by atoms with E-state index in [1.807, 2.05) is 6.07 Å². The normalized spacial score (nSPS) is 21.3. The molecule has 1 atom stereocenters. The van der Waals surface area contributed by atoms with Gasteiger partial charge in [-0.2, -0.15) is 5.26 Å². The SMILES string of the molecule is CN=C(NCc1cc(C#N)ccc1F)N1CCC(OCC2CCCO2)CC1. The van der Waals surface area contributed by atoms with Crippen molar-refractivity contribution in [3.8, 4) is 6.07 Å². The molecule has 0 bridgehead atoms. The van der Waals surface area contributed by atoms with E-state index in [0.29, 0.717) is 24.3 Å². The molecule has 0 spiro atoms. The summed E-state index contributed by atoms with van der Waals surface area (Å²) < 4.78 is 25.5. The average molecular weight is 374 g/mol. The Labute approximate surface area is 160 Å². The van der Waals surface area contributed by atoms with Gasteiger partial charge in [0.1, 0.15) is 5.82 Å². The third-order valence-corrected chi connectivity index (χ3v) is 5.11. The van der Waals surface area contributed by atoms with Crippen LogP contribution in [-0.4, -0.2) is 56.4 Å². The number of likely N-dealkylation sites (tertiary alicyclic amines) is 1. The second-order valence-electron chi connectivity index (χ2n) is 6.97. The smallest absolute Gasteiger partial charge is 0.193 e. The number of hydrogen-bond acceptors (Lipinski definition) is 4. The molecule has 2 aliphatic heterocycles. The van der Waals surface area contributed by atoms with Gasteiger partial charge in [-0.25, -0.2) is 4.39 Å².